The average molecular weight is 325 g/mol. The summed E-state index contributed by atoms with van der Waals surface area (Å²) in [6, 6.07) is 10.5. The second kappa shape index (κ2) is 5.92. The first-order chi connectivity index (χ1) is 11.4. The molecule has 3 aromatic rings. The molecule has 0 aliphatic rings. The molecule has 0 saturated heterocycles. The number of nitrogens with one attached hydrogen (secondary N) is 2. The fourth-order valence-corrected chi connectivity index (χ4v) is 2.45. The summed E-state index contributed by atoms with van der Waals surface area (Å²) in [5, 5.41) is 6.98. The third kappa shape index (κ3) is 2.92. The normalized spacial score (nSPS) is 11.6. The summed E-state index contributed by atoms with van der Waals surface area (Å²) < 4.78 is 1.25. The minimum absolute atomic E-state index is 0.195. The number of carbonyl (C=O) groups is 1. The Labute approximate surface area is 138 Å². The van der Waals surface area contributed by atoms with E-state index in [1.165, 1.54) is 16.8 Å². The molecule has 0 fully saturated rings. The largest absolute Gasteiger partial charge is 0.340 e. The standard InChI is InChI=1S/C17H19N5O2/c1-4-22-14(23)10-9-13(21-22)15(24)20-17(2,3)16-18-11-7-5-6-8-12(11)19-16/h5-10H,4H2,1-3H3,(H,18,19)(H,20,24). The minimum Gasteiger partial charge on any atom is -0.340 e. The van der Waals surface area contributed by atoms with Crippen LogP contribution in [0, 0.1) is 0 Å². The number of aryl methyl sites for hydroxylation is 1. The van der Waals surface area contributed by atoms with Gasteiger partial charge in [0.2, 0.25) is 0 Å². The van der Waals surface area contributed by atoms with Crippen molar-refractivity contribution in [2.24, 2.45) is 0 Å². The van der Waals surface area contributed by atoms with Crippen molar-refractivity contribution >= 4 is 16.9 Å². The van der Waals surface area contributed by atoms with Crippen LogP contribution in [0.15, 0.2) is 41.2 Å². The first kappa shape index (κ1) is 15.9. The Kier molecular flexibility index (Phi) is 3.92. The molecule has 0 atom stereocenters. The summed E-state index contributed by atoms with van der Waals surface area (Å²) in [4.78, 5) is 31.8. The molecular weight excluding hydrogens is 306 g/mol. The Balaban J connectivity index is 1.88. The fourth-order valence-electron chi connectivity index (χ4n) is 2.45. The molecule has 0 bridgehead atoms. The van der Waals surface area contributed by atoms with Gasteiger partial charge in [0.25, 0.3) is 11.5 Å². The number of amides is 1. The van der Waals surface area contributed by atoms with Crippen molar-refractivity contribution < 1.29 is 4.79 Å². The van der Waals surface area contributed by atoms with Gasteiger partial charge in [-0.25, -0.2) is 9.67 Å². The molecule has 0 aliphatic heterocycles. The molecular formula is C17H19N5O2. The predicted octanol–water partition coefficient (Wildman–Crippen LogP) is 1.80. The number of imidazole rings is 1. The van der Waals surface area contributed by atoms with Gasteiger partial charge in [0.1, 0.15) is 11.5 Å². The number of carbonyl (C=O) groups excluding carboxylic acids is 1. The zero-order chi connectivity index (χ0) is 17.3. The summed E-state index contributed by atoms with van der Waals surface area (Å²) in [5.74, 6) is 0.295. The molecule has 0 unspecified atom stereocenters. The summed E-state index contributed by atoms with van der Waals surface area (Å²) in [5.41, 5.74) is 0.997. The van der Waals surface area contributed by atoms with Gasteiger partial charge in [0, 0.05) is 12.6 Å². The number of rotatable bonds is 4. The van der Waals surface area contributed by atoms with Crippen molar-refractivity contribution in [3.05, 3.63) is 58.3 Å². The molecule has 0 aliphatic carbocycles. The maximum Gasteiger partial charge on any atom is 0.272 e. The maximum atomic E-state index is 12.5. The quantitative estimate of drug-likeness (QED) is 0.765. The molecule has 24 heavy (non-hydrogen) atoms. The van der Waals surface area contributed by atoms with Crippen LogP contribution in [0.5, 0.6) is 0 Å². The van der Waals surface area contributed by atoms with Gasteiger partial charge in [-0.3, -0.25) is 9.59 Å². The van der Waals surface area contributed by atoms with Gasteiger partial charge in [-0.2, -0.15) is 5.10 Å². The highest BCUT2D eigenvalue weighted by molar-refractivity contribution is 5.92. The smallest absolute Gasteiger partial charge is 0.272 e. The molecule has 0 radical (unpaired) electrons. The number of H-pyrrole nitrogens is 1. The van der Waals surface area contributed by atoms with Gasteiger partial charge in [-0.05, 0) is 39.0 Å². The minimum atomic E-state index is -0.717. The Morgan fingerprint density at radius 1 is 1.25 bits per heavy atom. The van der Waals surface area contributed by atoms with Crippen LogP contribution in [0.1, 0.15) is 37.1 Å². The monoisotopic (exact) mass is 325 g/mol. The van der Waals surface area contributed by atoms with E-state index in [4.69, 9.17) is 0 Å². The number of fused-ring (bicyclic) bond motifs is 1. The third-order valence-electron chi connectivity index (χ3n) is 3.81. The Morgan fingerprint density at radius 2 is 2.00 bits per heavy atom. The van der Waals surface area contributed by atoms with Crippen molar-refractivity contribution in [3.8, 4) is 0 Å². The highest BCUT2D eigenvalue weighted by atomic mass is 16.2. The van der Waals surface area contributed by atoms with Crippen LogP contribution < -0.4 is 10.9 Å². The molecule has 124 valence electrons. The van der Waals surface area contributed by atoms with Crippen molar-refractivity contribution in [1.29, 1.82) is 0 Å². The molecule has 0 saturated carbocycles. The Morgan fingerprint density at radius 3 is 2.71 bits per heavy atom. The summed E-state index contributed by atoms with van der Waals surface area (Å²) in [6.45, 7) is 5.93. The first-order valence-corrected chi connectivity index (χ1v) is 7.76. The van der Waals surface area contributed by atoms with Gasteiger partial charge in [-0.1, -0.05) is 12.1 Å². The summed E-state index contributed by atoms with van der Waals surface area (Å²) >= 11 is 0. The lowest BCUT2D eigenvalue weighted by atomic mass is 10.0. The van der Waals surface area contributed by atoms with E-state index >= 15 is 0 Å². The predicted molar refractivity (Wildman–Crippen MR) is 90.8 cm³/mol. The molecule has 3 rings (SSSR count). The Bertz CT molecular complexity index is 922. The third-order valence-corrected chi connectivity index (χ3v) is 3.81. The lowest BCUT2D eigenvalue weighted by Crippen LogP contribution is -2.42. The van der Waals surface area contributed by atoms with Crippen molar-refractivity contribution in [1.82, 2.24) is 25.1 Å². The highest BCUT2D eigenvalue weighted by Gasteiger charge is 2.27. The highest BCUT2D eigenvalue weighted by Crippen LogP contribution is 2.21. The number of para-hydroxylation sites is 2. The van der Waals surface area contributed by atoms with Gasteiger partial charge < -0.3 is 10.3 Å². The zero-order valence-electron chi connectivity index (χ0n) is 13.8. The molecule has 1 aromatic carbocycles. The van der Waals surface area contributed by atoms with E-state index in [0.29, 0.717) is 12.4 Å². The second-order valence-corrected chi connectivity index (χ2v) is 6.05. The van der Waals surface area contributed by atoms with Crippen LogP contribution >= 0.6 is 0 Å². The van der Waals surface area contributed by atoms with Gasteiger partial charge in [0.05, 0.1) is 16.6 Å². The van der Waals surface area contributed by atoms with E-state index in [1.807, 2.05) is 38.1 Å². The van der Waals surface area contributed by atoms with E-state index in [0.717, 1.165) is 11.0 Å². The lowest BCUT2D eigenvalue weighted by molar-refractivity contribution is 0.0901. The topological polar surface area (TPSA) is 92.7 Å². The molecule has 2 aromatic heterocycles. The number of aromatic amines is 1. The van der Waals surface area contributed by atoms with E-state index < -0.39 is 5.54 Å². The second-order valence-electron chi connectivity index (χ2n) is 6.05. The number of hydrogen-bond acceptors (Lipinski definition) is 4. The van der Waals surface area contributed by atoms with Gasteiger partial charge in [-0.15, -0.1) is 0 Å². The van der Waals surface area contributed by atoms with E-state index in [1.54, 1.807) is 6.92 Å². The fraction of sp³-hybridized carbons (Fsp3) is 0.294. The number of aromatic nitrogens is 4. The Hall–Kier alpha value is -2.96. The van der Waals surface area contributed by atoms with Gasteiger partial charge in [0.15, 0.2) is 0 Å². The number of nitrogens with zero attached hydrogens (tertiary/aromatic N) is 3. The zero-order valence-corrected chi connectivity index (χ0v) is 13.8. The molecule has 0 spiro atoms. The van der Waals surface area contributed by atoms with Crippen LogP contribution in [0.3, 0.4) is 0 Å². The van der Waals surface area contributed by atoms with Crippen LogP contribution in [0.2, 0.25) is 0 Å². The molecule has 7 nitrogen and oxygen atoms in total. The van der Waals surface area contributed by atoms with Crippen molar-refractivity contribution in [2.45, 2.75) is 32.9 Å². The van der Waals surface area contributed by atoms with E-state index in [-0.39, 0.29) is 17.2 Å². The van der Waals surface area contributed by atoms with E-state index in [9.17, 15) is 9.59 Å². The molecule has 1 amide bonds. The maximum absolute atomic E-state index is 12.5. The van der Waals surface area contributed by atoms with Crippen LogP contribution in [-0.2, 0) is 12.1 Å². The molecule has 2 N–H and O–H groups in total. The van der Waals surface area contributed by atoms with E-state index in [2.05, 4.69) is 20.4 Å². The SMILES string of the molecule is CCn1nc(C(=O)NC(C)(C)c2nc3ccccc3[nH]2)ccc1=O. The van der Waals surface area contributed by atoms with Crippen LogP contribution in [-0.4, -0.2) is 25.7 Å². The van der Waals surface area contributed by atoms with Gasteiger partial charge >= 0.3 is 0 Å². The molecule has 2 heterocycles. The first-order valence-electron chi connectivity index (χ1n) is 7.76. The lowest BCUT2D eigenvalue weighted by Gasteiger charge is -2.23. The van der Waals surface area contributed by atoms with Crippen LogP contribution in [0.25, 0.3) is 11.0 Å². The van der Waals surface area contributed by atoms with Crippen LogP contribution in [0.4, 0.5) is 0 Å². The van der Waals surface area contributed by atoms with Crippen molar-refractivity contribution in [2.75, 3.05) is 0 Å². The summed E-state index contributed by atoms with van der Waals surface area (Å²) in [6.07, 6.45) is 0. The summed E-state index contributed by atoms with van der Waals surface area (Å²) in [7, 11) is 0. The number of benzene rings is 1. The van der Waals surface area contributed by atoms with Crippen molar-refractivity contribution in [3.63, 3.8) is 0 Å². The average Bonchev–Trinajstić information content (AvgIpc) is 3.00. The number of hydrogen-bond donors (Lipinski definition) is 2. The molecule has 7 heteroatoms.